The summed E-state index contributed by atoms with van der Waals surface area (Å²) < 4.78 is 19.3. The van der Waals surface area contributed by atoms with E-state index in [-0.39, 0.29) is 11.9 Å². The van der Waals surface area contributed by atoms with Gasteiger partial charge in [0.25, 0.3) is 0 Å². The molecule has 0 saturated carbocycles. The van der Waals surface area contributed by atoms with E-state index in [1.54, 1.807) is 12.1 Å². The number of hydrogen-bond donors (Lipinski definition) is 2. The third-order valence-electron chi connectivity index (χ3n) is 3.70. The van der Waals surface area contributed by atoms with Crippen molar-refractivity contribution in [3.63, 3.8) is 0 Å². The molecule has 2 aromatic carbocycles. The van der Waals surface area contributed by atoms with Crippen LogP contribution in [0.5, 0.6) is 5.75 Å². The van der Waals surface area contributed by atoms with Gasteiger partial charge in [-0.2, -0.15) is 10.1 Å². The summed E-state index contributed by atoms with van der Waals surface area (Å²) in [7, 11) is 0. The maximum Gasteiger partial charge on any atom is 0.249 e. The third-order valence-corrected chi connectivity index (χ3v) is 3.70. The van der Waals surface area contributed by atoms with Crippen LogP contribution in [0.1, 0.15) is 19.4 Å². The summed E-state index contributed by atoms with van der Waals surface area (Å²) >= 11 is 0. The molecule has 0 aliphatic heterocycles. The van der Waals surface area contributed by atoms with Gasteiger partial charge >= 0.3 is 0 Å². The van der Waals surface area contributed by atoms with Gasteiger partial charge in [0.1, 0.15) is 11.6 Å². The summed E-state index contributed by atoms with van der Waals surface area (Å²) in [5, 5.41) is 14.2. The van der Waals surface area contributed by atoms with E-state index >= 15 is 0 Å². The molecule has 0 fully saturated rings. The highest BCUT2D eigenvalue weighted by atomic mass is 19.1. The molecule has 3 aromatic rings. The highest BCUT2D eigenvalue weighted by Gasteiger charge is 2.04. The van der Waals surface area contributed by atoms with E-state index in [4.69, 9.17) is 4.74 Å². The van der Waals surface area contributed by atoms with Gasteiger partial charge in [0.15, 0.2) is 5.82 Å². The van der Waals surface area contributed by atoms with Crippen molar-refractivity contribution >= 4 is 17.5 Å². The number of hydrogen-bond acceptors (Lipinski definition) is 6. The first-order chi connectivity index (χ1) is 13.1. The van der Waals surface area contributed by atoms with Crippen LogP contribution in [0.25, 0.3) is 0 Å². The average molecular weight is 367 g/mol. The quantitative estimate of drug-likeness (QED) is 0.622. The van der Waals surface area contributed by atoms with Gasteiger partial charge in [-0.3, -0.25) is 0 Å². The molecule has 27 heavy (non-hydrogen) atoms. The molecule has 0 bridgehead atoms. The number of nitrogens with one attached hydrogen (secondary N) is 2. The van der Waals surface area contributed by atoms with Crippen molar-refractivity contribution in [2.24, 2.45) is 0 Å². The number of halogens is 1. The second-order valence-corrected chi connectivity index (χ2v) is 6.25. The zero-order valence-electron chi connectivity index (χ0n) is 15.3. The molecule has 0 amide bonds. The van der Waals surface area contributed by atoms with Gasteiger partial charge in [-0.05, 0) is 56.2 Å². The van der Waals surface area contributed by atoms with Crippen molar-refractivity contribution in [2.75, 3.05) is 17.2 Å². The SMILES string of the molecule is CC(C)Oc1ccc(Nc2nncc(NCCc3ccccc3F)n2)cc1. The second-order valence-electron chi connectivity index (χ2n) is 6.25. The van der Waals surface area contributed by atoms with E-state index < -0.39 is 0 Å². The van der Waals surface area contributed by atoms with E-state index in [0.29, 0.717) is 30.3 Å². The molecular weight excluding hydrogens is 345 g/mol. The van der Waals surface area contributed by atoms with Crippen LogP contribution >= 0.6 is 0 Å². The predicted octanol–water partition coefficient (Wildman–Crippen LogP) is 4.20. The molecule has 3 rings (SSSR count). The van der Waals surface area contributed by atoms with Gasteiger partial charge < -0.3 is 15.4 Å². The Labute approximate surface area is 157 Å². The molecule has 0 spiro atoms. The molecule has 1 heterocycles. The smallest absolute Gasteiger partial charge is 0.249 e. The van der Waals surface area contributed by atoms with Crippen molar-refractivity contribution in [1.29, 1.82) is 0 Å². The van der Waals surface area contributed by atoms with Gasteiger partial charge in [0, 0.05) is 12.2 Å². The summed E-state index contributed by atoms with van der Waals surface area (Å²) in [6.07, 6.45) is 2.21. The van der Waals surface area contributed by atoms with E-state index in [9.17, 15) is 4.39 Å². The van der Waals surface area contributed by atoms with E-state index in [1.165, 1.54) is 12.3 Å². The van der Waals surface area contributed by atoms with Crippen molar-refractivity contribution < 1.29 is 9.13 Å². The Hall–Kier alpha value is -3.22. The Morgan fingerprint density at radius 1 is 1.07 bits per heavy atom. The fraction of sp³-hybridized carbons (Fsp3) is 0.250. The lowest BCUT2D eigenvalue weighted by Gasteiger charge is -2.11. The van der Waals surface area contributed by atoms with Gasteiger partial charge in [-0.25, -0.2) is 4.39 Å². The first-order valence-corrected chi connectivity index (χ1v) is 8.81. The van der Waals surface area contributed by atoms with Crippen LogP contribution < -0.4 is 15.4 Å². The Kier molecular flexibility index (Phi) is 6.14. The number of ether oxygens (including phenoxy) is 1. The summed E-state index contributed by atoms with van der Waals surface area (Å²) in [4.78, 5) is 4.37. The molecule has 0 saturated heterocycles. The minimum absolute atomic E-state index is 0.128. The van der Waals surface area contributed by atoms with Crippen molar-refractivity contribution in [3.8, 4) is 5.75 Å². The van der Waals surface area contributed by atoms with Crippen LogP contribution in [0, 0.1) is 5.82 Å². The number of benzene rings is 2. The second kappa shape index (κ2) is 8.93. The Balaban J connectivity index is 1.56. The van der Waals surface area contributed by atoms with Gasteiger partial charge in [0.2, 0.25) is 5.95 Å². The lowest BCUT2D eigenvalue weighted by atomic mass is 10.1. The van der Waals surface area contributed by atoms with Gasteiger partial charge in [-0.15, -0.1) is 5.10 Å². The molecule has 1 aromatic heterocycles. The molecule has 0 aliphatic rings. The lowest BCUT2D eigenvalue weighted by Crippen LogP contribution is -2.09. The highest BCUT2D eigenvalue weighted by Crippen LogP contribution is 2.19. The Morgan fingerprint density at radius 3 is 2.59 bits per heavy atom. The van der Waals surface area contributed by atoms with Crippen LogP contribution in [-0.4, -0.2) is 27.8 Å². The van der Waals surface area contributed by atoms with E-state index in [2.05, 4.69) is 25.8 Å². The van der Waals surface area contributed by atoms with Crippen LogP contribution in [0.4, 0.5) is 21.8 Å². The first kappa shape index (κ1) is 18.6. The predicted molar refractivity (Wildman–Crippen MR) is 104 cm³/mol. The fourth-order valence-electron chi connectivity index (χ4n) is 2.49. The lowest BCUT2D eigenvalue weighted by molar-refractivity contribution is 0.242. The normalized spacial score (nSPS) is 10.7. The highest BCUT2D eigenvalue weighted by molar-refractivity contribution is 5.55. The molecule has 7 heteroatoms. The molecule has 0 aliphatic carbocycles. The third kappa shape index (κ3) is 5.64. The number of rotatable bonds is 8. The molecule has 0 unspecified atom stereocenters. The van der Waals surface area contributed by atoms with Gasteiger partial charge in [-0.1, -0.05) is 18.2 Å². The van der Waals surface area contributed by atoms with Crippen LogP contribution in [0.15, 0.2) is 54.7 Å². The molecule has 6 nitrogen and oxygen atoms in total. The zero-order chi connectivity index (χ0) is 19.1. The number of nitrogens with zero attached hydrogens (tertiary/aromatic N) is 3. The van der Waals surface area contributed by atoms with Crippen LogP contribution in [0.3, 0.4) is 0 Å². The zero-order valence-corrected chi connectivity index (χ0v) is 15.3. The van der Waals surface area contributed by atoms with Crippen LogP contribution in [0.2, 0.25) is 0 Å². The molecule has 0 radical (unpaired) electrons. The van der Waals surface area contributed by atoms with E-state index in [0.717, 1.165) is 11.4 Å². The fourth-order valence-corrected chi connectivity index (χ4v) is 2.49. The Morgan fingerprint density at radius 2 is 1.85 bits per heavy atom. The summed E-state index contributed by atoms with van der Waals surface area (Å²) in [5.41, 5.74) is 1.49. The minimum Gasteiger partial charge on any atom is -0.491 e. The largest absolute Gasteiger partial charge is 0.491 e. The summed E-state index contributed by atoms with van der Waals surface area (Å²) in [6.45, 7) is 4.51. The van der Waals surface area contributed by atoms with Crippen molar-refractivity contribution in [2.45, 2.75) is 26.4 Å². The van der Waals surface area contributed by atoms with Crippen molar-refractivity contribution in [1.82, 2.24) is 15.2 Å². The standard InChI is InChI=1S/C20H22FN5O/c1-14(2)27-17-9-7-16(8-10-17)24-20-25-19(13-23-26-20)22-12-11-15-5-3-4-6-18(15)21/h3-10,13-14H,11-12H2,1-2H3,(H2,22,24,25,26). The summed E-state index contributed by atoms with van der Waals surface area (Å²) in [6, 6.07) is 14.3. The summed E-state index contributed by atoms with van der Waals surface area (Å²) in [5.74, 6) is 1.55. The number of aromatic nitrogens is 3. The monoisotopic (exact) mass is 367 g/mol. The Bertz CT molecular complexity index is 870. The van der Waals surface area contributed by atoms with E-state index in [1.807, 2.05) is 44.2 Å². The van der Waals surface area contributed by atoms with Gasteiger partial charge in [0.05, 0.1) is 12.3 Å². The molecular formula is C20H22FN5O. The van der Waals surface area contributed by atoms with Crippen molar-refractivity contribution in [3.05, 3.63) is 66.1 Å². The molecule has 0 atom stereocenters. The topological polar surface area (TPSA) is 72.0 Å². The first-order valence-electron chi connectivity index (χ1n) is 8.81. The minimum atomic E-state index is -0.202. The maximum atomic E-state index is 13.6. The molecule has 140 valence electrons. The number of anilines is 3. The van der Waals surface area contributed by atoms with Crippen LogP contribution in [-0.2, 0) is 6.42 Å². The average Bonchev–Trinajstić information content (AvgIpc) is 2.65. The molecule has 2 N–H and O–H groups in total. The maximum absolute atomic E-state index is 13.6.